The second kappa shape index (κ2) is 7.67. The zero-order valence-corrected chi connectivity index (χ0v) is 12.5. The van der Waals surface area contributed by atoms with Crippen molar-refractivity contribution in [1.29, 1.82) is 0 Å². The van der Waals surface area contributed by atoms with Crippen molar-refractivity contribution in [2.75, 3.05) is 25.5 Å². The summed E-state index contributed by atoms with van der Waals surface area (Å²) in [5.41, 5.74) is 1.55. The van der Waals surface area contributed by atoms with Gasteiger partial charge < -0.3 is 15.5 Å². The lowest BCUT2D eigenvalue weighted by Crippen LogP contribution is -2.36. The molecule has 21 heavy (non-hydrogen) atoms. The van der Waals surface area contributed by atoms with E-state index in [-0.39, 0.29) is 18.4 Å². The summed E-state index contributed by atoms with van der Waals surface area (Å²) in [6.07, 6.45) is 4.78. The Hall–Kier alpha value is -2.04. The number of urea groups is 1. The zero-order chi connectivity index (χ0) is 15.1. The molecule has 0 aliphatic carbocycles. The van der Waals surface area contributed by atoms with Gasteiger partial charge >= 0.3 is 6.03 Å². The summed E-state index contributed by atoms with van der Waals surface area (Å²) < 4.78 is 0. The molecule has 2 rings (SSSR count). The predicted molar refractivity (Wildman–Crippen MR) is 83.3 cm³/mol. The monoisotopic (exact) mass is 289 g/mol. The fraction of sp³-hybridized carbons (Fsp3) is 0.500. The van der Waals surface area contributed by atoms with Gasteiger partial charge in [0.2, 0.25) is 5.91 Å². The Morgan fingerprint density at radius 3 is 2.43 bits per heavy atom. The molecule has 1 aliphatic rings. The Balaban J connectivity index is 2.04. The number of nitrogens with one attached hydrogen (secondary N) is 2. The van der Waals surface area contributed by atoms with E-state index in [0.29, 0.717) is 0 Å². The zero-order valence-electron chi connectivity index (χ0n) is 12.5. The Kier molecular flexibility index (Phi) is 5.60. The minimum Gasteiger partial charge on any atom is -0.359 e. The van der Waals surface area contributed by atoms with Crippen molar-refractivity contribution >= 4 is 17.6 Å². The Labute approximate surface area is 125 Å². The second-order valence-electron chi connectivity index (χ2n) is 5.34. The van der Waals surface area contributed by atoms with Gasteiger partial charge in [0.25, 0.3) is 0 Å². The van der Waals surface area contributed by atoms with Crippen molar-refractivity contribution in [3.63, 3.8) is 0 Å². The molecule has 5 heteroatoms. The molecular weight excluding hydrogens is 266 g/mol. The molecule has 114 valence electrons. The lowest BCUT2D eigenvalue weighted by Gasteiger charge is -2.21. The molecule has 5 nitrogen and oxygen atoms in total. The molecule has 0 unspecified atom stereocenters. The van der Waals surface area contributed by atoms with Crippen molar-refractivity contribution in [1.82, 2.24) is 10.2 Å². The van der Waals surface area contributed by atoms with Gasteiger partial charge in [-0.15, -0.1) is 0 Å². The average molecular weight is 289 g/mol. The summed E-state index contributed by atoms with van der Waals surface area (Å²) in [7, 11) is 1.61. The highest BCUT2D eigenvalue weighted by Crippen LogP contribution is 2.17. The van der Waals surface area contributed by atoms with Gasteiger partial charge in [-0.1, -0.05) is 31.0 Å². The molecule has 0 bridgehead atoms. The van der Waals surface area contributed by atoms with Crippen LogP contribution in [0.25, 0.3) is 0 Å². The first-order chi connectivity index (χ1) is 10.2. The van der Waals surface area contributed by atoms with Gasteiger partial charge in [-0.3, -0.25) is 4.79 Å². The van der Waals surface area contributed by atoms with Crippen molar-refractivity contribution in [3.05, 3.63) is 29.8 Å². The van der Waals surface area contributed by atoms with Gasteiger partial charge in [-0.25, -0.2) is 4.79 Å². The number of amides is 3. The first-order valence-electron chi connectivity index (χ1n) is 7.55. The van der Waals surface area contributed by atoms with Crippen LogP contribution in [0, 0.1) is 0 Å². The number of carbonyl (C=O) groups excluding carboxylic acids is 2. The standard InChI is InChI=1S/C16H23N3O2/c1-17-15(20)12-13-8-4-5-9-14(13)18-16(21)19-10-6-2-3-7-11-19/h4-5,8-9H,2-3,6-7,10-12H2,1H3,(H,17,20)(H,18,21). The van der Waals surface area contributed by atoms with E-state index in [1.54, 1.807) is 7.05 Å². The van der Waals surface area contributed by atoms with Crippen LogP contribution in [0.3, 0.4) is 0 Å². The van der Waals surface area contributed by atoms with Crippen LogP contribution in [0.1, 0.15) is 31.2 Å². The third kappa shape index (κ3) is 4.48. The minimum atomic E-state index is -0.0683. The van der Waals surface area contributed by atoms with E-state index in [1.165, 1.54) is 12.8 Å². The van der Waals surface area contributed by atoms with Gasteiger partial charge in [-0.05, 0) is 24.5 Å². The molecule has 1 aromatic rings. The number of carbonyl (C=O) groups is 2. The van der Waals surface area contributed by atoms with Gasteiger partial charge in [0.1, 0.15) is 0 Å². The summed E-state index contributed by atoms with van der Waals surface area (Å²) in [6, 6.07) is 7.38. The van der Waals surface area contributed by atoms with Crippen molar-refractivity contribution in [2.45, 2.75) is 32.1 Å². The van der Waals surface area contributed by atoms with Gasteiger partial charge in [0.15, 0.2) is 0 Å². The van der Waals surface area contributed by atoms with Crippen LogP contribution in [0.2, 0.25) is 0 Å². The lowest BCUT2D eigenvalue weighted by atomic mass is 10.1. The summed E-state index contributed by atoms with van der Waals surface area (Å²) in [5.74, 6) is -0.0635. The molecular formula is C16H23N3O2. The normalized spacial score (nSPS) is 15.2. The Morgan fingerprint density at radius 1 is 1.10 bits per heavy atom. The number of benzene rings is 1. The third-order valence-corrected chi connectivity index (χ3v) is 3.78. The van der Waals surface area contributed by atoms with Crippen LogP contribution in [-0.4, -0.2) is 37.0 Å². The molecule has 1 fully saturated rings. The van der Waals surface area contributed by atoms with E-state index >= 15 is 0 Å². The number of nitrogens with zero attached hydrogens (tertiary/aromatic N) is 1. The molecule has 1 heterocycles. The fourth-order valence-electron chi connectivity index (χ4n) is 2.53. The predicted octanol–water partition coefficient (Wildman–Crippen LogP) is 2.38. The average Bonchev–Trinajstić information content (AvgIpc) is 2.78. The highest BCUT2D eigenvalue weighted by atomic mass is 16.2. The molecule has 1 aromatic carbocycles. The smallest absolute Gasteiger partial charge is 0.321 e. The number of likely N-dealkylation sites (tertiary alicyclic amines) is 1. The molecule has 0 saturated carbocycles. The summed E-state index contributed by atoms with van der Waals surface area (Å²) >= 11 is 0. The Bertz CT molecular complexity index is 494. The third-order valence-electron chi connectivity index (χ3n) is 3.78. The van der Waals surface area contributed by atoms with Crippen LogP contribution in [0.4, 0.5) is 10.5 Å². The lowest BCUT2D eigenvalue weighted by molar-refractivity contribution is -0.119. The number of para-hydroxylation sites is 1. The van der Waals surface area contributed by atoms with E-state index in [9.17, 15) is 9.59 Å². The van der Waals surface area contributed by atoms with E-state index in [1.807, 2.05) is 29.2 Å². The first kappa shape index (κ1) is 15.4. The first-order valence-corrected chi connectivity index (χ1v) is 7.55. The maximum absolute atomic E-state index is 12.3. The SMILES string of the molecule is CNC(=O)Cc1ccccc1NC(=O)N1CCCCCC1. The Morgan fingerprint density at radius 2 is 1.76 bits per heavy atom. The fourth-order valence-corrected chi connectivity index (χ4v) is 2.53. The summed E-state index contributed by atoms with van der Waals surface area (Å²) in [4.78, 5) is 25.7. The van der Waals surface area contributed by atoms with Crippen LogP contribution in [0.5, 0.6) is 0 Å². The van der Waals surface area contributed by atoms with E-state index in [2.05, 4.69) is 10.6 Å². The maximum Gasteiger partial charge on any atom is 0.321 e. The molecule has 0 aromatic heterocycles. The highest BCUT2D eigenvalue weighted by Gasteiger charge is 2.16. The van der Waals surface area contributed by atoms with Crippen LogP contribution < -0.4 is 10.6 Å². The van der Waals surface area contributed by atoms with Gasteiger partial charge in [0.05, 0.1) is 6.42 Å². The topological polar surface area (TPSA) is 61.4 Å². The van der Waals surface area contributed by atoms with Crippen LogP contribution in [0.15, 0.2) is 24.3 Å². The molecule has 3 amide bonds. The van der Waals surface area contributed by atoms with E-state index in [4.69, 9.17) is 0 Å². The number of anilines is 1. The van der Waals surface area contributed by atoms with Crippen molar-refractivity contribution < 1.29 is 9.59 Å². The minimum absolute atomic E-state index is 0.0635. The van der Waals surface area contributed by atoms with Gasteiger partial charge in [-0.2, -0.15) is 0 Å². The number of hydrogen-bond donors (Lipinski definition) is 2. The summed E-state index contributed by atoms with van der Waals surface area (Å²) in [6.45, 7) is 1.62. The maximum atomic E-state index is 12.3. The molecule has 0 spiro atoms. The molecule has 1 saturated heterocycles. The molecule has 2 N–H and O–H groups in total. The van der Waals surface area contributed by atoms with Crippen LogP contribution >= 0.6 is 0 Å². The highest BCUT2D eigenvalue weighted by molar-refractivity contribution is 5.91. The molecule has 0 radical (unpaired) electrons. The number of hydrogen-bond acceptors (Lipinski definition) is 2. The molecule has 0 atom stereocenters. The van der Waals surface area contributed by atoms with Gasteiger partial charge in [0, 0.05) is 25.8 Å². The van der Waals surface area contributed by atoms with E-state index < -0.39 is 0 Å². The van der Waals surface area contributed by atoms with Crippen LogP contribution in [-0.2, 0) is 11.2 Å². The second-order valence-corrected chi connectivity index (χ2v) is 5.34. The largest absolute Gasteiger partial charge is 0.359 e. The molecule has 1 aliphatic heterocycles. The van der Waals surface area contributed by atoms with Crippen molar-refractivity contribution in [2.24, 2.45) is 0 Å². The number of rotatable bonds is 3. The van der Waals surface area contributed by atoms with Crippen molar-refractivity contribution in [3.8, 4) is 0 Å². The quantitative estimate of drug-likeness (QED) is 0.897. The number of likely N-dealkylation sites (N-methyl/N-ethyl adjacent to an activating group) is 1. The van der Waals surface area contributed by atoms with E-state index in [0.717, 1.165) is 37.2 Å². The summed E-state index contributed by atoms with van der Waals surface area (Å²) in [5, 5.41) is 5.55.